The van der Waals surface area contributed by atoms with Gasteiger partial charge >= 0.3 is 0 Å². The third-order valence-electron chi connectivity index (χ3n) is 4.13. The average Bonchev–Trinajstić information content (AvgIpc) is 3.33. The number of nitrogens with one attached hydrogen (secondary N) is 2. The highest BCUT2D eigenvalue weighted by atomic mass is 16.1. The Hall–Kier alpha value is -3.41. The fraction of sp³-hybridized carbons (Fsp3) is 0.105. The minimum atomic E-state index is -0.0944. The van der Waals surface area contributed by atoms with Crippen LogP contribution in [0, 0.1) is 0 Å². The predicted molar refractivity (Wildman–Crippen MR) is 95.7 cm³/mol. The van der Waals surface area contributed by atoms with Crippen LogP contribution < -0.4 is 5.32 Å². The number of carbonyl (C=O) groups excluding carboxylic acids is 1. The summed E-state index contributed by atoms with van der Waals surface area (Å²) < 4.78 is 1.82. The molecule has 124 valence electrons. The van der Waals surface area contributed by atoms with Gasteiger partial charge in [0.25, 0.3) is 5.91 Å². The van der Waals surface area contributed by atoms with E-state index in [4.69, 9.17) is 0 Å². The summed E-state index contributed by atoms with van der Waals surface area (Å²) in [6, 6.07) is 15.6. The molecular formula is C19H17N5O. The first-order valence-corrected chi connectivity index (χ1v) is 8.10. The second-order valence-electron chi connectivity index (χ2n) is 5.76. The summed E-state index contributed by atoms with van der Waals surface area (Å²) in [6.45, 7) is 0.574. The Morgan fingerprint density at radius 1 is 1.12 bits per heavy atom. The maximum atomic E-state index is 12.4. The van der Waals surface area contributed by atoms with E-state index in [-0.39, 0.29) is 5.91 Å². The zero-order valence-electron chi connectivity index (χ0n) is 13.5. The van der Waals surface area contributed by atoms with Crippen molar-refractivity contribution in [2.45, 2.75) is 6.42 Å². The summed E-state index contributed by atoms with van der Waals surface area (Å²) in [5, 5.41) is 15.0. The van der Waals surface area contributed by atoms with Crippen LogP contribution in [0.1, 0.15) is 15.9 Å². The lowest BCUT2D eigenvalue weighted by atomic mass is 10.1. The van der Waals surface area contributed by atoms with E-state index in [2.05, 4.69) is 32.7 Å². The van der Waals surface area contributed by atoms with Crippen molar-refractivity contribution in [3.8, 4) is 5.69 Å². The molecule has 0 spiro atoms. The summed E-state index contributed by atoms with van der Waals surface area (Å²) in [6.07, 6.45) is 6.15. The van der Waals surface area contributed by atoms with E-state index in [1.807, 2.05) is 41.2 Å². The number of fused-ring (bicyclic) bond motifs is 1. The Balaban J connectivity index is 1.37. The minimum absolute atomic E-state index is 0.0944. The van der Waals surface area contributed by atoms with Gasteiger partial charge in [0.05, 0.1) is 23.0 Å². The van der Waals surface area contributed by atoms with Gasteiger partial charge < -0.3 is 5.32 Å². The Morgan fingerprint density at radius 3 is 2.80 bits per heavy atom. The van der Waals surface area contributed by atoms with Crippen LogP contribution in [0.15, 0.2) is 67.1 Å². The SMILES string of the molecule is O=C(NCCc1ccc(-n2cccn2)cc1)c1cccc2cn[nH]c12. The Kier molecular flexibility index (Phi) is 4.00. The van der Waals surface area contributed by atoms with E-state index >= 15 is 0 Å². The first-order chi connectivity index (χ1) is 12.3. The molecule has 1 amide bonds. The molecule has 6 nitrogen and oxygen atoms in total. The zero-order valence-corrected chi connectivity index (χ0v) is 13.5. The Morgan fingerprint density at radius 2 is 2.00 bits per heavy atom. The van der Waals surface area contributed by atoms with E-state index in [0.717, 1.165) is 28.6 Å². The molecule has 0 saturated heterocycles. The standard InChI is InChI=1S/C19H17N5O/c25-19(17-4-1-3-15-13-21-23-18(15)17)20-11-9-14-5-7-16(8-6-14)24-12-2-10-22-24/h1-8,10,12-13H,9,11H2,(H,20,25)(H,21,23). The van der Waals surface area contributed by atoms with Crippen LogP contribution in [-0.4, -0.2) is 32.4 Å². The quantitative estimate of drug-likeness (QED) is 0.590. The zero-order chi connectivity index (χ0) is 17.1. The summed E-state index contributed by atoms with van der Waals surface area (Å²) in [4.78, 5) is 12.4. The topological polar surface area (TPSA) is 75.6 Å². The van der Waals surface area contributed by atoms with Crippen LogP contribution in [0.5, 0.6) is 0 Å². The molecule has 0 aliphatic heterocycles. The van der Waals surface area contributed by atoms with Gasteiger partial charge in [-0.05, 0) is 36.2 Å². The molecule has 2 N–H and O–H groups in total. The molecule has 2 aromatic carbocycles. The van der Waals surface area contributed by atoms with Crippen molar-refractivity contribution in [2.75, 3.05) is 6.54 Å². The smallest absolute Gasteiger partial charge is 0.253 e. The van der Waals surface area contributed by atoms with Gasteiger partial charge in [0.1, 0.15) is 0 Å². The number of hydrogen-bond donors (Lipinski definition) is 2. The van der Waals surface area contributed by atoms with Crippen LogP contribution in [0.3, 0.4) is 0 Å². The van der Waals surface area contributed by atoms with Crippen molar-refractivity contribution >= 4 is 16.8 Å². The van der Waals surface area contributed by atoms with Gasteiger partial charge in [0.15, 0.2) is 0 Å². The maximum absolute atomic E-state index is 12.4. The van der Waals surface area contributed by atoms with Crippen LogP contribution in [0.4, 0.5) is 0 Å². The number of rotatable bonds is 5. The Labute approximate surface area is 144 Å². The third kappa shape index (κ3) is 3.14. The molecule has 2 heterocycles. The van der Waals surface area contributed by atoms with Gasteiger partial charge in [-0.3, -0.25) is 9.89 Å². The van der Waals surface area contributed by atoms with E-state index < -0.39 is 0 Å². The lowest BCUT2D eigenvalue weighted by Crippen LogP contribution is -2.25. The molecule has 0 unspecified atom stereocenters. The number of benzene rings is 2. The average molecular weight is 331 g/mol. The lowest BCUT2D eigenvalue weighted by molar-refractivity contribution is 0.0955. The number of aromatic nitrogens is 4. The van der Waals surface area contributed by atoms with Crippen LogP contribution in [0.25, 0.3) is 16.6 Å². The van der Waals surface area contributed by atoms with Crippen molar-refractivity contribution in [1.29, 1.82) is 0 Å². The molecule has 0 bridgehead atoms. The molecular weight excluding hydrogens is 314 g/mol. The second-order valence-corrected chi connectivity index (χ2v) is 5.76. The van der Waals surface area contributed by atoms with Crippen molar-refractivity contribution in [3.63, 3.8) is 0 Å². The number of H-pyrrole nitrogens is 1. The van der Waals surface area contributed by atoms with Crippen molar-refractivity contribution in [3.05, 3.63) is 78.2 Å². The summed E-state index contributed by atoms with van der Waals surface area (Å²) in [7, 11) is 0. The lowest BCUT2D eigenvalue weighted by Gasteiger charge is -2.07. The highest BCUT2D eigenvalue weighted by Crippen LogP contribution is 2.15. The first kappa shape index (κ1) is 15.1. The van der Waals surface area contributed by atoms with E-state index in [1.54, 1.807) is 18.5 Å². The molecule has 0 aliphatic rings. The third-order valence-corrected chi connectivity index (χ3v) is 4.13. The first-order valence-electron chi connectivity index (χ1n) is 8.10. The van der Waals surface area contributed by atoms with Crippen LogP contribution >= 0.6 is 0 Å². The number of para-hydroxylation sites is 1. The molecule has 0 fully saturated rings. The van der Waals surface area contributed by atoms with Crippen LogP contribution in [0.2, 0.25) is 0 Å². The fourth-order valence-corrected chi connectivity index (χ4v) is 2.81. The number of carbonyl (C=O) groups is 1. The van der Waals surface area contributed by atoms with Crippen molar-refractivity contribution in [2.24, 2.45) is 0 Å². The van der Waals surface area contributed by atoms with Crippen LogP contribution in [-0.2, 0) is 6.42 Å². The number of amides is 1. The molecule has 6 heteroatoms. The van der Waals surface area contributed by atoms with E-state index in [1.165, 1.54) is 0 Å². The number of nitrogens with zero attached hydrogens (tertiary/aromatic N) is 3. The predicted octanol–water partition coefficient (Wildman–Crippen LogP) is 2.72. The Bertz CT molecular complexity index is 986. The van der Waals surface area contributed by atoms with Crippen molar-refractivity contribution in [1.82, 2.24) is 25.3 Å². The summed E-state index contributed by atoms with van der Waals surface area (Å²) >= 11 is 0. The molecule has 0 saturated carbocycles. The van der Waals surface area contributed by atoms with Gasteiger partial charge in [-0.25, -0.2) is 4.68 Å². The fourth-order valence-electron chi connectivity index (χ4n) is 2.81. The molecule has 4 aromatic rings. The summed E-state index contributed by atoms with van der Waals surface area (Å²) in [5.74, 6) is -0.0944. The minimum Gasteiger partial charge on any atom is -0.352 e. The van der Waals surface area contributed by atoms with E-state index in [9.17, 15) is 4.79 Å². The molecule has 0 aliphatic carbocycles. The highest BCUT2D eigenvalue weighted by Gasteiger charge is 2.10. The highest BCUT2D eigenvalue weighted by molar-refractivity contribution is 6.05. The maximum Gasteiger partial charge on any atom is 0.253 e. The van der Waals surface area contributed by atoms with Gasteiger partial charge in [-0.1, -0.05) is 24.3 Å². The normalized spacial score (nSPS) is 10.9. The van der Waals surface area contributed by atoms with Crippen molar-refractivity contribution < 1.29 is 4.79 Å². The monoisotopic (exact) mass is 331 g/mol. The molecule has 2 aromatic heterocycles. The molecule has 25 heavy (non-hydrogen) atoms. The number of hydrogen-bond acceptors (Lipinski definition) is 3. The van der Waals surface area contributed by atoms with Gasteiger partial charge in [0, 0.05) is 24.3 Å². The summed E-state index contributed by atoms with van der Waals surface area (Å²) in [5.41, 5.74) is 3.56. The van der Waals surface area contributed by atoms with E-state index in [0.29, 0.717) is 12.1 Å². The van der Waals surface area contributed by atoms with Gasteiger partial charge in [0.2, 0.25) is 0 Å². The molecule has 0 radical (unpaired) electrons. The second kappa shape index (κ2) is 6.60. The van der Waals surface area contributed by atoms with Gasteiger partial charge in [-0.2, -0.15) is 10.2 Å². The molecule has 4 rings (SSSR count). The van der Waals surface area contributed by atoms with Gasteiger partial charge in [-0.15, -0.1) is 0 Å². The largest absolute Gasteiger partial charge is 0.352 e. The number of aromatic amines is 1. The molecule has 0 atom stereocenters.